The molecule has 3 rings (SSSR count). The number of amides is 1. The van der Waals surface area contributed by atoms with Crippen molar-refractivity contribution in [2.75, 3.05) is 26.7 Å². The first kappa shape index (κ1) is 19.3. The number of nitrogens with zero attached hydrogens (tertiary/aromatic N) is 2. The molecule has 4 atom stereocenters. The van der Waals surface area contributed by atoms with E-state index in [1.807, 2.05) is 27.8 Å². The maximum absolute atomic E-state index is 12.0. The smallest absolute Gasteiger partial charge is 0.407 e. The molecule has 2 heterocycles. The van der Waals surface area contributed by atoms with Crippen molar-refractivity contribution in [2.45, 2.75) is 71.2 Å². The van der Waals surface area contributed by atoms with Crippen molar-refractivity contribution in [3.63, 3.8) is 0 Å². The van der Waals surface area contributed by atoms with Gasteiger partial charge < -0.3 is 25.0 Å². The molecule has 7 nitrogen and oxygen atoms in total. The number of hydrogen-bond donors (Lipinski definition) is 2. The first-order valence-electron chi connectivity index (χ1n) is 9.71. The van der Waals surface area contributed by atoms with Crippen LogP contribution in [0.1, 0.15) is 47.5 Å². The number of alkyl carbamates (subject to hydrolysis) is 1. The molecule has 1 aliphatic carbocycles. The number of nitrogens with one attached hydrogen (secondary N) is 2. The summed E-state index contributed by atoms with van der Waals surface area (Å²) in [6, 6.07) is 0.465. The minimum Gasteiger partial charge on any atom is -0.444 e. The summed E-state index contributed by atoms with van der Waals surface area (Å²) in [6.07, 6.45) is 2.02. The van der Waals surface area contributed by atoms with Crippen LogP contribution in [0, 0.1) is 11.3 Å². The van der Waals surface area contributed by atoms with Crippen LogP contribution in [0.3, 0.4) is 0 Å². The largest absolute Gasteiger partial charge is 0.444 e. The predicted molar refractivity (Wildman–Crippen MR) is 101 cm³/mol. The van der Waals surface area contributed by atoms with Gasteiger partial charge in [0.2, 0.25) is 0 Å². The number of carbonyl (C=O) groups is 1. The number of likely N-dealkylation sites (tertiary alicyclic amines) is 1. The van der Waals surface area contributed by atoms with E-state index in [0.29, 0.717) is 18.1 Å². The van der Waals surface area contributed by atoms with Crippen molar-refractivity contribution in [1.82, 2.24) is 15.5 Å². The monoisotopic (exact) mass is 366 g/mol. The maximum atomic E-state index is 12.0. The molecule has 0 spiro atoms. The summed E-state index contributed by atoms with van der Waals surface area (Å²) in [6.45, 7) is 12.6. The van der Waals surface area contributed by atoms with Crippen LogP contribution in [-0.2, 0) is 9.47 Å². The summed E-state index contributed by atoms with van der Waals surface area (Å²) in [4.78, 5) is 18.7. The highest BCUT2D eigenvalue weighted by atomic mass is 16.6. The summed E-state index contributed by atoms with van der Waals surface area (Å²) in [5.41, 5.74) is -0.360. The predicted octanol–water partition coefficient (Wildman–Crippen LogP) is 1.97. The molecule has 148 valence electrons. The molecule has 0 bridgehead atoms. The van der Waals surface area contributed by atoms with Gasteiger partial charge in [0, 0.05) is 44.1 Å². The fourth-order valence-corrected chi connectivity index (χ4v) is 4.60. The van der Waals surface area contributed by atoms with Crippen LogP contribution in [-0.4, -0.2) is 67.5 Å². The Balaban J connectivity index is 1.53. The van der Waals surface area contributed by atoms with Crippen LogP contribution >= 0.6 is 0 Å². The van der Waals surface area contributed by atoms with Gasteiger partial charge in [0.1, 0.15) is 5.60 Å². The lowest BCUT2D eigenvalue weighted by molar-refractivity contribution is -0.107. The SMILES string of the molecule is CN=C(NC1C2CCOC2C1(C)C)N1CCC(NC(=O)OC(C)(C)C)C1. The molecule has 7 heteroatoms. The average Bonchev–Trinajstić information content (AvgIpc) is 3.14. The standard InChI is InChI=1S/C19H34N4O3/c1-18(2,3)26-17(24)21-12-7-9-23(11-12)16(20-6)22-14-13-8-10-25-15(13)19(14,4)5/h12-15H,7-11H2,1-6H3,(H,20,22)(H,21,24). The molecule has 0 aromatic rings. The zero-order valence-electron chi connectivity index (χ0n) is 17.0. The first-order valence-corrected chi connectivity index (χ1v) is 9.71. The second-order valence-electron chi connectivity index (χ2n) is 9.31. The van der Waals surface area contributed by atoms with Crippen molar-refractivity contribution in [3.05, 3.63) is 0 Å². The molecule has 1 amide bonds. The summed E-state index contributed by atoms with van der Waals surface area (Å²) >= 11 is 0. The number of guanidine groups is 1. The normalized spacial score (nSPS) is 33.5. The Kier molecular flexibility index (Phi) is 5.12. The molecule has 4 unspecified atom stereocenters. The quantitative estimate of drug-likeness (QED) is 0.577. The highest BCUT2D eigenvalue weighted by molar-refractivity contribution is 5.81. The van der Waals surface area contributed by atoms with Crippen molar-refractivity contribution in [1.29, 1.82) is 0 Å². The van der Waals surface area contributed by atoms with Crippen LogP contribution in [0.2, 0.25) is 0 Å². The Hall–Kier alpha value is -1.50. The van der Waals surface area contributed by atoms with E-state index in [-0.39, 0.29) is 17.6 Å². The Labute approximate surface area is 156 Å². The van der Waals surface area contributed by atoms with Gasteiger partial charge in [-0.3, -0.25) is 4.99 Å². The lowest BCUT2D eigenvalue weighted by Crippen LogP contribution is -2.68. The van der Waals surface area contributed by atoms with Gasteiger partial charge in [0.05, 0.1) is 12.1 Å². The summed E-state index contributed by atoms with van der Waals surface area (Å²) in [5.74, 6) is 1.49. The molecular weight excluding hydrogens is 332 g/mol. The number of ether oxygens (including phenoxy) is 2. The van der Waals surface area contributed by atoms with Crippen molar-refractivity contribution < 1.29 is 14.3 Å². The van der Waals surface area contributed by atoms with Gasteiger partial charge in [-0.2, -0.15) is 0 Å². The zero-order chi connectivity index (χ0) is 19.1. The number of carbonyl (C=O) groups excluding carboxylic acids is 1. The van der Waals surface area contributed by atoms with E-state index in [2.05, 4.69) is 34.4 Å². The van der Waals surface area contributed by atoms with Gasteiger partial charge in [-0.15, -0.1) is 0 Å². The number of rotatable bonds is 2. The molecule has 2 saturated heterocycles. The molecule has 1 saturated carbocycles. The lowest BCUT2D eigenvalue weighted by Gasteiger charge is -2.55. The van der Waals surface area contributed by atoms with E-state index in [1.165, 1.54) is 0 Å². The number of aliphatic imine (C=N–C) groups is 1. The van der Waals surface area contributed by atoms with Gasteiger partial charge in [-0.05, 0) is 33.6 Å². The highest BCUT2D eigenvalue weighted by Crippen LogP contribution is 2.52. The number of fused-ring (bicyclic) bond motifs is 1. The Morgan fingerprint density at radius 3 is 2.65 bits per heavy atom. The third kappa shape index (κ3) is 3.77. The zero-order valence-corrected chi connectivity index (χ0v) is 17.0. The van der Waals surface area contributed by atoms with Gasteiger partial charge >= 0.3 is 6.09 Å². The molecule has 2 aliphatic heterocycles. The second kappa shape index (κ2) is 6.91. The van der Waals surface area contributed by atoms with E-state index in [1.54, 1.807) is 0 Å². The first-order chi connectivity index (χ1) is 12.1. The molecule has 26 heavy (non-hydrogen) atoms. The maximum Gasteiger partial charge on any atom is 0.407 e. The highest BCUT2D eigenvalue weighted by Gasteiger charge is 2.59. The topological polar surface area (TPSA) is 75.2 Å². The molecular formula is C19H34N4O3. The Morgan fingerprint density at radius 2 is 2.00 bits per heavy atom. The van der Waals surface area contributed by atoms with Crippen LogP contribution in [0.15, 0.2) is 4.99 Å². The molecule has 2 N–H and O–H groups in total. The van der Waals surface area contributed by atoms with Gasteiger partial charge in [0.25, 0.3) is 0 Å². The van der Waals surface area contributed by atoms with E-state index < -0.39 is 5.60 Å². The summed E-state index contributed by atoms with van der Waals surface area (Å²) in [7, 11) is 1.82. The Bertz CT molecular complexity index is 570. The molecule has 3 aliphatic rings. The van der Waals surface area contributed by atoms with Crippen molar-refractivity contribution >= 4 is 12.1 Å². The van der Waals surface area contributed by atoms with Gasteiger partial charge in [-0.1, -0.05) is 13.8 Å². The van der Waals surface area contributed by atoms with Crippen molar-refractivity contribution in [2.24, 2.45) is 16.3 Å². The Morgan fingerprint density at radius 1 is 1.27 bits per heavy atom. The molecule has 0 radical (unpaired) electrons. The van der Waals surface area contributed by atoms with E-state index in [4.69, 9.17) is 9.47 Å². The van der Waals surface area contributed by atoms with Crippen molar-refractivity contribution in [3.8, 4) is 0 Å². The van der Waals surface area contributed by atoms with Crippen LogP contribution in [0.25, 0.3) is 0 Å². The minimum atomic E-state index is -0.477. The second-order valence-corrected chi connectivity index (χ2v) is 9.31. The minimum absolute atomic E-state index is 0.0837. The molecule has 3 fully saturated rings. The fraction of sp³-hybridized carbons (Fsp3) is 0.895. The van der Waals surface area contributed by atoms with E-state index in [0.717, 1.165) is 38.5 Å². The van der Waals surface area contributed by atoms with E-state index in [9.17, 15) is 4.79 Å². The van der Waals surface area contributed by atoms with Crippen LogP contribution in [0.4, 0.5) is 4.79 Å². The lowest BCUT2D eigenvalue weighted by atomic mass is 9.57. The number of hydrogen-bond acceptors (Lipinski definition) is 4. The summed E-state index contributed by atoms with van der Waals surface area (Å²) in [5, 5.41) is 6.64. The van der Waals surface area contributed by atoms with Crippen LogP contribution in [0.5, 0.6) is 0 Å². The molecule has 0 aromatic carbocycles. The van der Waals surface area contributed by atoms with E-state index >= 15 is 0 Å². The average molecular weight is 367 g/mol. The van der Waals surface area contributed by atoms with Gasteiger partial charge in [-0.25, -0.2) is 4.79 Å². The fourth-order valence-electron chi connectivity index (χ4n) is 4.60. The summed E-state index contributed by atoms with van der Waals surface area (Å²) < 4.78 is 11.2. The van der Waals surface area contributed by atoms with Gasteiger partial charge in [0.15, 0.2) is 5.96 Å². The molecule has 0 aromatic heterocycles. The van der Waals surface area contributed by atoms with Crippen LogP contribution < -0.4 is 10.6 Å². The third-order valence-corrected chi connectivity index (χ3v) is 5.81. The third-order valence-electron chi connectivity index (χ3n) is 5.81.